The van der Waals surface area contributed by atoms with E-state index in [9.17, 15) is 9.59 Å². The molecule has 8 heteroatoms. The van der Waals surface area contributed by atoms with Crippen molar-refractivity contribution < 1.29 is 9.53 Å². The number of amides is 1. The number of hydrogen-bond donors (Lipinski definition) is 1. The van der Waals surface area contributed by atoms with Crippen molar-refractivity contribution in [3.05, 3.63) is 81.9 Å². The van der Waals surface area contributed by atoms with Crippen LogP contribution in [0, 0.1) is 13.8 Å². The maximum atomic E-state index is 12.9. The Hall–Kier alpha value is -3.94. The number of fused-ring (bicyclic) bond motifs is 1. The van der Waals surface area contributed by atoms with Gasteiger partial charge in [-0.05, 0) is 56.2 Å². The van der Waals surface area contributed by atoms with Gasteiger partial charge in [-0.2, -0.15) is 10.2 Å². The summed E-state index contributed by atoms with van der Waals surface area (Å²) in [6, 6.07) is 15.1. The molecule has 8 nitrogen and oxygen atoms in total. The average molecular weight is 431 g/mol. The Morgan fingerprint density at radius 3 is 2.75 bits per heavy atom. The number of carbonyl (C=O) groups excluding carboxylic acids is 1. The highest BCUT2D eigenvalue weighted by molar-refractivity contribution is 5.76. The summed E-state index contributed by atoms with van der Waals surface area (Å²) in [7, 11) is 1.60. The predicted molar refractivity (Wildman–Crippen MR) is 122 cm³/mol. The van der Waals surface area contributed by atoms with Gasteiger partial charge in [0.05, 0.1) is 18.8 Å². The fourth-order valence-electron chi connectivity index (χ4n) is 3.61. The van der Waals surface area contributed by atoms with E-state index in [0.29, 0.717) is 17.0 Å². The van der Waals surface area contributed by atoms with Gasteiger partial charge in [-0.15, -0.1) is 0 Å². The Morgan fingerprint density at radius 1 is 1.16 bits per heavy atom. The van der Waals surface area contributed by atoms with Crippen molar-refractivity contribution in [2.75, 3.05) is 7.11 Å². The smallest absolute Gasteiger partial charge is 0.293 e. The van der Waals surface area contributed by atoms with Crippen molar-refractivity contribution in [2.45, 2.75) is 33.4 Å². The summed E-state index contributed by atoms with van der Waals surface area (Å²) in [4.78, 5) is 25.5. The number of nitrogens with zero attached hydrogens (tertiary/aromatic N) is 4. The van der Waals surface area contributed by atoms with Crippen LogP contribution in [0.5, 0.6) is 5.75 Å². The monoisotopic (exact) mass is 431 g/mol. The number of nitrogens with one attached hydrogen (secondary N) is 1. The number of aryl methyl sites for hydroxylation is 2. The fourth-order valence-corrected chi connectivity index (χ4v) is 3.61. The first-order valence-corrected chi connectivity index (χ1v) is 10.3. The minimum atomic E-state index is -0.374. The Kier molecular flexibility index (Phi) is 5.77. The van der Waals surface area contributed by atoms with Gasteiger partial charge in [0.15, 0.2) is 0 Å². The molecule has 1 amide bonds. The molecule has 32 heavy (non-hydrogen) atoms. The molecule has 0 radical (unpaired) electrons. The van der Waals surface area contributed by atoms with Crippen molar-refractivity contribution in [1.29, 1.82) is 0 Å². The van der Waals surface area contributed by atoms with E-state index in [1.54, 1.807) is 13.2 Å². The highest BCUT2D eigenvalue weighted by atomic mass is 16.5. The molecule has 1 N–H and O–H groups in total. The first kappa shape index (κ1) is 21.3. The SMILES string of the molecule is COc1cccc([C@H](C)NC(=O)Cn2ncn3nc(-c4cc(C)ccc4C)cc3c2=O)c1. The molecule has 0 bridgehead atoms. The zero-order valence-corrected chi connectivity index (χ0v) is 18.5. The average Bonchev–Trinajstić information content (AvgIpc) is 3.22. The molecular weight excluding hydrogens is 406 g/mol. The fraction of sp³-hybridized carbons (Fsp3) is 0.250. The predicted octanol–water partition coefficient (Wildman–Crippen LogP) is 3.06. The summed E-state index contributed by atoms with van der Waals surface area (Å²) in [5, 5.41) is 11.5. The molecule has 0 aliphatic heterocycles. The normalized spacial score (nSPS) is 12.0. The van der Waals surface area contributed by atoms with Gasteiger partial charge >= 0.3 is 0 Å². The molecule has 0 saturated carbocycles. The second-order valence-corrected chi connectivity index (χ2v) is 7.84. The summed E-state index contributed by atoms with van der Waals surface area (Å²) in [5.74, 6) is 0.404. The molecule has 4 aromatic rings. The van der Waals surface area contributed by atoms with Gasteiger partial charge in [-0.3, -0.25) is 9.59 Å². The maximum absolute atomic E-state index is 12.9. The zero-order chi connectivity index (χ0) is 22.8. The molecule has 4 rings (SSSR count). The maximum Gasteiger partial charge on any atom is 0.293 e. The largest absolute Gasteiger partial charge is 0.497 e. The Bertz CT molecular complexity index is 1360. The second kappa shape index (κ2) is 8.66. The zero-order valence-electron chi connectivity index (χ0n) is 18.5. The summed E-state index contributed by atoms with van der Waals surface area (Å²) in [6.07, 6.45) is 1.45. The van der Waals surface area contributed by atoms with Crippen LogP contribution in [0.4, 0.5) is 0 Å². The van der Waals surface area contributed by atoms with Crippen LogP contribution in [0.3, 0.4) is 0 Å². The highest BCUT2D eigenvalue weighted by Crippen LogP contribution is 2.23. The van der Waals surface area contributed by atoms with E-state index in [1.807, 2.05) is 63.2 Å². The third kappa shape index (κ3) is 4.25. The Labute approximate surface area is 185 Å². The number of aromatic nitrogens is 4. The van der Waals surface area contributed by atoms with Gasteiger partial charge in [0.25, 0.3) is 5.56 Å². The second-order valence-electron chi connectivity index (χ2n) is 7.84. The molecule has 1 atom stereocenters. The van der Waals surface area contributed by atoms with Gasteiger partial charge in [0.1, 0.15) is 24.1 Å². The van der Waals surface area contributed by atoms with Gasteiger partial charge in [-0.1, -0.05) is 29.8 Å². The first-order valence-electron chi connectivity index (χ1n) is 10.3. The van der Waals surface area contributed by atoms with E-state index in [-0.39, 0.29) is 24.1 Å². The number of methoxy groups -OCH3 is 1. The molecule has 0 fully saturated rings. The molecule has 2 aromatic carbocycles. The van der Waals surface area contributed by atoms with E-state index in [0.717, 1.165) is 26.9 Å². The topological polar surface area (TPSA) is 90.5 Å². The summed E-state index contributed by atoms with van der Waals surface area (Å²) >= 11 is 0. The molecular formula is C24H25N5O3. The van der Waals surface area contributed by atoms with Gasteiger partial charge in [0, 0.05) is 5.56 Å². The third-order valence-electron chi connectivity index (χ3n) is 5.42. The van der Waals surface area contributed by atoms with Crippen LogP contribution in [0.1, 0.15) is 29.7 Å². The lowest BCUT2D eigenvalue weighted by atomic mass is 10.0. The first-order chi connectivity index (χ1) is 15.4. The quantitative estimate of drug-likeness (QED) is 0.507. The Morgan fingerprint density at radius 2 is 1.97 bits per heavy atom. The van der Waals surface area contributed by atoms with Crippen molar-refractivity contribution >= 4 is 11.4 Å². The number of hydrogen-bond acceptors (Lipinski definition) is 5. The van der Waals surface area contributed by atoms with E-state index < -0.39 is 0 Å². The van der Waals surface area contributed by atoms with Crippen molar-refractivity contribution in [2.24, 2.45) is 0 Å². The molecule has 0 unspecified atom stereocenters. The molecule has 2 aromatic heterocycles. The van der Waals surface area contributed by atoms with Gasteiger partial charge in [0.2, 0.25) is 5.91 Å². The van der Waals surface area contributed by atoms with Crippen LogP contribution >= 0.6 is 0 Å². The van der Waals surface area contributed by atoms with Crippen molar-refractivity contribution in [1.82, 2.24) is 24.7 Å². The summed E-state index contributed by atoms with van der Waals surface area (Å²) < 4.78 is 7.84. The highest BCUT2D eigenvalue weighted by Gasteiger charge is 2.15. The van der Waals surface area contributed by atoms with E-state index in [2.05, 4.69) is 15.5 Å². The minimum absolute atomic E-state index is 0.187. The van der Waals surface area contributed by atoms with E-state index in [1.165, 1.54) is 10.8 Å². The summed E-state index contributed by atoms with van der Waals surface area (Å²) in [6.45, 7) is 5.70. The third-order valence-corrected chi connectivity index (χ3v) is 5.42. The van der Waals surface area contributed by atoms with Crippen molar-refractivity contribution in [3.63, 3.8) is 0 Å². The Balaban J connectivity index is 1.55. The van der Waals surface area contributed by atoms with E-state index >= 15 is 0 Å². The molecule has 2 heterocycles. The number of carbonyl (C=O) groups is 1. The van der Waals surface area contributed by atoms with Crippen molar-refractivity contribution in [3.8, 4) is 17.0 Å². The molecule has 0 saturated heterocycles. The van der Waals surface area contributed by atoms with Crippen LogP contribution in [-0.2, 0) is 11.3 Å². The van der Waals surface area contributed by atoms with Crippen LogP contribution in [0.2, 0.25) is 0 Å². The molecule has 0 aliphatic rings. The number of ether oxygens (including phenoxy) is 1. The van der Waals surface area contributed by atoms with Crippen LogP contribution in [0.25, 0.3) is 16.8 Å². The standard InChI is InChI=1S/C24H25N5O3/c1-15-8-9-16(2)20(10-15)21-12-22-24(31)28(25-14-29(22)27-21)13-23(30)26-17(3)18-6-5-7-19(11-18)32-4/h5-12,14,17H,13H2,1-4H3,(H,26,30)/t17-/m0/s1. The number of rotatable bonds is 6. The van der Waals surface area contributed by atoms with Crippen LogP contribution in [-0.4, -0.2) is 32.4 Å². The summed E-state index contributed by atoms with van der Waals surface area (Å²) in [5.41, 5.74) is 4.73. The lowest BCUT2D eigenvalue weighted by Gasteiger charge is -2.15. The lowest BCUT2D eigenvalue weighted by molar-refractivity contribution is -0.122. The van der Waals surface area contributed by atoms with Crippen LogP contribution in [0.15, 0.2) is 59.7 Å². The molecule has 0 aliphatic carbocycles. The van der Waals surface area contributed by atoms with E-state index in [4.69, 9.17) is 4.74 Å². The van der Waals surface area contributed by atoms with Gasteiger partial charge < -0.3 is 10.1 Å². The van der Waals surface area contributed by atoms with Crippen LogP contribution < -0.4 is 15.6 Å². The lowest BCUT2D eigenvalue weighted by Crippen LogP contribution is -2.35. The number of benzene rings is 2. The molecule has 164 valence electrons. The minimum Gasteiger partial charge on any atom is -0.497 e. The molecule has 0 spiro atoms. The van der Waals surface area contributed by atoms with Gasteiger partial charge in [-0.25, -0.2) is 9.20 Å².